The van der Waals surface area contributed by atoms with Crippen LogP contribution in [0.15, 0.2) is 40.9 Å². The van der Waals surface area contributed by atoms with E-state index in [1.54, 1.807) is 0 Å². The Labute approximate surface area is 196 Å². The molecule has 2 aromatic rings. The zero-order valence-electron chi connectivity index (χ0n) is 19.7. The number of ether oxygens (including phenoxy) is 1. The van der Waals surface area contributed by atoms with Crippen molar-refractivity contribution in [2.45, 2.75) is 25.8 Å². The van der Waals surface area contributed by atoms with Crippen LogP contribution in [0.2, 0.25) is 0 Å². The molecule has 2 unspecified atom stereocenters. The quantitative estimate of drug-likeness (QED) is 0.566. The van der Waals surface area contributed by atoms with Gasteiger partial charge in [0.15, 0.2) is 5.76 Å². The Kier molecular flexibility index (Phi) is 8.74. The van der Waals surface area contributed by atoms with E-state index in [1.165, 1.54) is 0 Å². The number of aromatic nitrogens is 1. The van der Waals surface area contributed by atoms with Crippen LogP contribution in [-0.2, 0) is 22.5 Å². The number of piperidine rings is 1. The zero-order valence-corrected chi connectivity index (χ0v) is 19.7. The molecule has 1 aromatic carbocycles. The second-order valence-corrected chi connectivity index (χ2v) is 9.20. The molecule has 0 spiro atoms. The fraction of sp³-hybridized carbons (Fsp3) is 0.600. The molecule has 0 radical (unpaired) electrons. The highest BCUT2D eigenvalue weighted by molar-refractivity contribution is 5.76. The number of rotatable bonds is 10. The van der Waals surface area contributed by atoms with Crippen LogP contribution in [0.25, 0.3) is 0 Å². The Morgan fingerprint density at radius 2 is 2.06 bits per heavy atom. The molecule has 0 aliphatic carbocycles. The molecule has 3 heterocycles. The minimum Gasteiger partial charge on any atom is -0.379 e. The Balaban J connectivity index is 1.24. The summed E-state index contributed by atoms with van der Waals surface area (Å²) in [5, 5.41) is 10.9. The van der Waals surface area contributed by atoms with Crippen LogP contribution in [-0.4, -0.2) is 75.5 Å². The fourth-order valence-corrected chi connectivity index (χ4v) is 4.78. The summed E-state index contributed by atoms with van der Waals surface area (Å²) in [6, 6.07) is 12.3. The lowest BCUT2D eigenvalue weighted by molar-refractivity contribution is -0.122. The predicted molar refractivity (Wildman–Crippen MR) is 128 cm³/mol. The van der Waals surface area contributed by atoms with E-state index in [2.05, 4.69) is 50.8 Å². The van der Waals surface area contributed by atoms with Crippen molar-refractivity contribution in [1.29, 1.82) is 0 Å². The summed E-state index contributed by atoms with van der Waals surface area (Å²) >= 11 is 0. The Bertz CT molecular complexity index is 853. The number of benzene rings is 1. The molecule has 1 amide bonds. The van der Waals surface area contributed by atoms with Crippen LogP contribution < -0.4 is 15.5 Å². The predicted octanol–water partition coefficient (Wildman–Crippen LogP) is 1.92. The van der Waals surface area contributed by atoms with E-state index in [-0.39, 0.29) is 5.91 Å². The molecule has 0 bridgehead atoms. The van der Waals surface area contributed by atoms with Gasteiger partial charge in [0, 0.05) is 51.4 Å². The summed E-state index contributed by atoms with van der Waals surface area (Å²) in [7, 11) is 2.05. The Morgan fingerprint density at radius 1 is 1.24 bits per heavy atom. The fourth-order valence-electron chi connectivity index (χ4n) is 4.78. The molecular weight excluding hydrogens is 418 g/mol. The van der Waals surface area contributed by atoms with Crippen molar-refractivity contribution in [2.75, 3.05) is 64.4 Å². The molecule has 4 rings (SSSR count). The number of anilines is 1. The number of nitrogens with zero attached hydrogens (tertiary/aromatic N) is 3. The van der Waals surface area contributed by atoms with E-state index in [0.717, 1.165) is 75.9 Å². The molecule has 2 N–H and O–H groups in total. The SMILES string of the molecule is CN(Cc1cc(CC2CNCCC2CC(=O)NCCN2CCOCC2)no1)c1ccccc1. The van der Waals surface area contributed by atoms with Crippen LogP contribution in [0.1, 0.15) is 24.3 Å². The highest BCUT2D eigenvalue weighted by Gasteiger charge is 2.28. The number of nitrogens with one attached hydrogen (secondary N) is 2. The average Bonchev–Trinajstić information content (AvgIpc) is 3.28. The van der Waals surface area contributed by atoms with Gasteiger partial charge in [-0.2, -0.15) is 0 Å². The van der Waals surface area contributed by atoms with E-state index in [0.29, 0.717) is 31.3 Å². The van der Waals surface area contributed by atoms with Crippen LogP contribution in [0, 0.1) is 11.8 Å². The van der Waals surface area contributed by atoms with Gasteiger partial charge in [-0.15, -0.1) is 0 Å². The number of morpholine rings is 1. The van der Waals surface area contributed by atoms with Crippen LogP contribution >= 0.6 is 0 Å². The minimum atomic E-state index is 0.158. The van der Waals surface area contributed by atoms with Crippen LogP contribution in [0.5, 0.6) is 0 Å². The van der Waals surface area contributed by atoms with Gasteiger partial charge in [-0.25, -0.2) is 0 Å². The van der Waals surface area contributed by atoms with E-state index in [1.807, 2.05) is 18.2 Å². The molecule has 8 heteroatoms. The molecular formula is C25H37N5O3. The van der Waals surface area contributed by atoms with Gasteiger partial charge in [0.05, 0.1) is 25.5 Å². The molecule has 1 aromatic heterocycles. The van der Waals surface area contributed by atoms with Gasteiger partial charge in [0.25, 0.3) is 0 Å². The van der Waals surface area contributed by atoms with E-state index in [9.17, 15) is 4.79 Å². The van der Waals surface area contributed by atoms with Crippen molar-refractivity contribution in [3.63, 3.8) is 0 Å². The van der Waals surface area contributed by atoms with Gasteiger partial charge in [-0.05, 0) is 49.9 Å². The van der Waals surface area contributed by atoms with Gasteiger partial charge in [-0.3, -0.25) is 9.69 Å². The molecule has 33 heavy (non-hydrogen) atoms. The van der Waals surface area contributed by atoms with E-state index >= 15 is 0 Å². The summed E-state index contributed by atoms with van der Waals surface area (Å²) in [5.74, 6) is 1.76. The summed E-state index contributed by atoms with van der Waals surface area (Å²) in [5.41, 5.74) is 2.12. The third kappa shape index (κ3) is 7.28. The third-order valence-corrected chi connectivity index (χ3v) is 6.74. The highest BCUT2D eigenvalue weighted by atomic mass is 16.5. The first-order valence-electron chi connectivity index (χ1n) is 12.2. The molecule has 2 saturated heterocycles. The summed E-state index contributed by atoms with van der Waals surface area (Å²) in [4.78, 5) is 17.1. The second kappa shape index (κ2) is 12.2. The number of para-hydroxylation sites is 1. The minimum absolute atomic E-state index is 0.158. The molecule has 2 aliphatic heterocycles. The highest BCUT2D eigenvalue weighted by Crippen LogP contribution is 2.26. The number of hydrogen-bond acceptors (Lipinski definition) is 7. The van der Waals surface area contributed by atoms with Gasteiger partial charge in [-0.1, -0.05) is 23.4 Å². The van der Waals surface area contributed by atoms with E-state index < -0.39 is 0 Å². The lowest BCUT2D eigenvalue weighted by atomic mass is 9.81. The topological polar surface area (TPSA) is 82.9 Å². The number of hydrogen-bond donors (Lipinski definition) is 2. The van der Waals surface area contributed by atoms with E-state index in [4.69, 9.17) is 9.26 Å². The summed E-state index contributed by atoms with van der Waals surface area (Å²) in [6.45, 7) is 7.63. The second-order valence-electron chi connectivity index (χ2n) is 9.20. The van der Waals surface area contributed by atoms with Crippen LogP contribution in [0.4, 0.5) is 5.69 Å². The molecule has 2 fully saturated rings. The molecule has 0 saturated carbocycles. The Hall–Kier alpha value is -2.42. The Morgan fingerprint density at radius 3 is 2.88 bits per heavy atom. The zero-order chi connectivity index (χ0) is 22.9. The molecule has 2 atom stereocenters. The lowest BCUT2D eigenvalue weighted by Crippen LogP contribution is -2.43. The van der Waals surface area contributed by atoms with Gasteiger partial charge in [0.2, 0.25) is 5.91 Å². The number of carbonyl (C=O) groups excluding carboxylic acids is 1. The average molecular weight is 456 g/mol. The first-order chi connectivity index (χ1) is 16.2. The summed E-state index contributed by atoms with van der Waals surface area (Å²) < 4.78 is 11.0. The molecule has 8 nitrogen and oxygen atoms in total. The first-order valence-corrected chi connectivity index (χ1v) is 12.2. The van der Waals surface area contributed by atoms with Crippen molar-refractivity contribution in [3.05, 3.63) is 47.9 Å². The van der Waals surface area contributed by atoms with Gasteiger partial charge < -0.3 is 24.8 Å². The monoisotopic (exact) mass is 455 g/mol. The first kappa shape index (κ1) is 23.7. The lowest BCUT2D eigenvalue weighted by Gasteiger charge is -2.31. The summed E-state index contributed by atoms with van der Waals surface area (Å²) in [6.07, 6.45) is 2.43. The standard InChI is InChI=1S/C25H37N5O3/c1-29(23-5-3-2-4-6-23)19-24-17-22(28-33-24)15-21-18-26-8-7-20(21)16-25(31)27-9-10-30-11-13-32-14-12-30/h2-6,17,20-21,26H,7-16,18-19H2,1H3,(H,27,31). The van der Waals surface area contributed by atoms with Crippen molar-refractivity contribution in [3.8, 4) is 0 Å². The maximum Gasteiger partial charge on any atom is 0.220 e. The maximum absolute atomic E-state index is 12.6. The van der Waals surface area contributed by atoms with Gasteiger partial charge >= 0.3 is 0 Å². The van der Waals surface area contributed by atoms with Crippen molar-refractivity contribution >= 4 is 11.6 Å². The van der Waals surface area contributed by atoms with Gasteiger partial charge in [0.1, 0.15) is 0 Å². The smallest absolute Gasteiger partial charge is 0.220 e. The van der Waals surface area contributed by atoms with Crippen LogP contribution in [0.3, 0.4) is 0 Å². The third-order valence-electron chi connectivity index (χ3n) is 6.74. The normalized spacial score (nSPS) is 21.6. The maximum atomic E-state index is 12.6. The molecule has 180 valence electrons. The largest absolute Gasteiger partial charge is 0.379 e. The van der Waals surface area contributed by atoms with Crippen molar-refractivity contribution in [2.24, 2.45) is 11.8 Å². The number of amides is 1. The molecule has 2 aliphatic rings. The van der Waals surface area contributed by atoms with Crippen molar-refractivity contribution < 1.29 is 14.1 Å². The van der Waals surface area contributed by atoms with Crippen molar-refractivity contribution in [1.82, 2.24) is 20.7 Å². The number of carbonyl (C=O) groups is 1.